The van der Waals surface area contributed by atoms with Gasteiger partial charge in [-0.25, -0.2) is 8.42 Å². The predicted molar refractivity (Wildman–Crippen MR) is 60.5 cm³/mol. The summed E-state index contributed by atoms with van der Waals surface area (Å²) in [6.45, 7) is 6.27. The Morgan fingerprint density at radius 3 is 2.27 bits per heavy atom. The molecule has 6 heteroatoms. The largest absolute Gasteiger partial charge is 0.353 e. The van der Waals surface area contributed by atoms with Crippen molar-refractivity contribution in [3.05, 3.63) is 0 Å². The van der Waals surface area contributed by atoms with Crippen LogP contribution < -0.4 is 10.6 Å². The van der Waals surface area contributed by atoms with Crippen molar-refractivity contribution in [3.8, 4) is 0 Å². The van der Waals surface area contributed by atoms with Crippen molar-refractivity contribution < 1.29 is 13.2 Å². The molecule has 0 radical (unpaired) electrons. The molecule has 90 valence electrons. The third-order valence-electron chi connectivity index (χ3n) is 1.94. The monoisotopic (exact) mass is 236 g/mol. The van der Waals surface area contributed by atoms with Gasteiger partial charge < -0.3 is 10.6 Å². The Labute approximate surface area is 91.5 Å². The van der Waals surface area contributed by atoms with Crippen molar-refractivity contribution in [3.63, 3.8) is 0 Å². The van der Waals surface area contributed by atoms with E-state index in [1.54, 1.807) is 13.8 Å². The maximum absolute atomic E-state index is 11.6. The summed E-state index contributed by atoms with van der Waals surface area (Å²) in [5.41, 5.74) is -0.660. The van der Waals surface area contributed by atoms with E-state index >= 15 is 0 Å². The molecule has 0 saturated heterocycles. The normalized spacial score (nSPS) is 12.5. The fourth-order valence-corrected chi connectivity index (χ4v) is 1.57. The van der Waals surface area contributed by atoms with Gasteiger partial charge in [0.2, 0.25) is 5.91 Å². The van der Waals surface area contributed by atoms with Crippen LogP contribution in [0, 0.1) is 0 Å². The zero-order valence-electron chi connectivity index (χ0n) is 9.75. The van der Waals surface area contributed by atoms with Crippen LogP contribution in [0.2, 0.25) is 0 Å². The Balaban J connectivity index is 4.04. The Hall–Kier alpha value is -0.620. The van der Waals surface area contributed by atoms with Gasteiger partial charge in [-0.15, -0.1) is 0 Å². The highest BCUT2D eigenvalue weighted by atomic mass is 32.2. The summed E-state index contributed by atoms with van der Waals surface area (Å²) in [4.78, 5) is 11.6. The molecule has 0 saturated carbocycles. The summed E-state index contributed by atoms with van der Waals surface area (Å²) < 4.78 is 21.6. The molecule has 0 aliphatic carbocycles. The van der Waals surface area contributed by atoms with Gasteiger partial charge in [-0.1, -0.05) is 6.92 Å². The molecule has 15 heavy (non-hydrogen) atoms. The molecule has 0 fully saturated rings. The molecule has 0 aliphatic heterocycles. The maximum atomic E-state index is 11.6. The van der Waals surface area contributed by atoms with Gasteiger partial charge in [0.1, 0.15) is 9.84 Å². The van der Waals surface area contributed by atoms with Crippen LogP contribution in [0.15, 0.2) is 0 Å². The van der Waals surface area contributed by atoms with E-state index in [4.69, 9.17) is 0 Å². The second-order valence-electron chi connectivity index (χ2n) is 4.04. The molecule has 0 bridgehead atoms. The van der Waals surface area contributed by atoms with Crippen molar-refractivity contribution in [2.24, 2.45) is 0 Å². The van der Waals surface area contributed by atoms with Gasteiger partial charge in [-0.2, -0.15) is 0 Å². The van der Waals surface area contributed by atoms with E-state index < -0.39 is 15.4 Å². The minimum absolute atomic E-state index is 0.0268. The number of rotatable bonds is 6. The smallest absolute Gasteiger partial charge is 0.239 e. The third-order valence-corrected chi connectivity index (χ3v) is 2.89. The van der Waals surface area contributed by atoms with Crippen LogP contribution in [0.3, 0.4) is 0 Å². The first-order chi connectivity index (χ1) is 6.69. The zero-order valence-corrected chi connectivity index (χ0v) is 10.6. The van der Waals surface area contributed by atoms with E-state index in [9.17, 15) is 13.2 Å². The van der Waals surface area contributed by atoms with Crippen molar-refractivity contribution >= 4 is 15.7 Å². The molecule has 0 heterocycles. The first kappa shape index (κ1) is 14.4. The molecule has 0 aromatic heterocycles. The molecule has 0 aromatic carbocycles. The SMILES string of the molecule is CCNC(C)(C)C(=O)NCCS(C)(=O)=O. The summed E-state index contributed by atoms with van der Waals surface area (Å²) in [5.74, 6) is -0.214. The Morgan fingerprint density at radius 2 is 1.87 bits per heavy atom. The van der Waals surface area contributed by atoms with Gasteiger partial charge >= 0.3 is 0 Å². The van der Waals surface area contributed by atoms with Crippen LogP contribution in [0.1, 0.15) is 20.8 Å². The molecule has 0 aliphatic rings. The maximum Gasteiger partial charge on any atom is 0.239 e. The van der Waals surface area contributed by atoms with Gasteiger partial charge in [0.05, 0.1) is 11.3 Å². The molecule has 0 atom stereocenters. The number of carbonyl (C=O) groups is 1. The number of amides is 1. The molecule has 5 nitrogen and oxygen atoms in total. The topological polar surface area (TPSA) is 75.3 Å². The molecule has 0 rings (SSSR count). The minimum Gasteiger partial charge on any atom is -0.353 e. The van der Waals surface area contributed by atoms with E-state index in [-0.39, 0.29) is 18.2 Å². The van der Waals surface area contributed by atoms with Crippen LogP contribution >= 0.6 is 0 Å². The molecule has 0 aromatic rings. The van der Waals surface area contributed by atoms with Gasteiger partial charge in [-0.05, 0) is 20.4 Å². The molecular formula is C9H20N2O3S. The lowest BCUT2D eigenvalue weighted by molar-refractivity contribution is -0.126. The summed E-state index contributed by atoms with van der Waals surface area (Å²) >= 11 is 0. The number of nitrogens with one attached hydrogen (secondary N) is 2. The fraction of sp³-hybridized carbons (Fsp3) is 0.889. The predicted octanol–water partition coefficient (Wildman–Crippen LogP) is -0.465. The van der Waals surface area contributed by atoms with Crippen molar-refractivity contribution in [2.45, 2.75) is 26.3 Å². The highest BCUT2D eigenvalue weighted by Gasteiger charge is 2.25. The molecule has 1 amide bonds. The third kappa shape index (κ3) is 6.46. The molecular weight excluding hydrogens is 216 g/mol. The fourth-order valence-electron chi connectivity index (χ4n) is 1.09. The highest BCUT2D eigenvalue weighted by Crippen LogP contribution is 2.00. The number of hydrogen-bond donors (Lipinski definition) is 2. The first-order valence-corrected chi connectivity index (χ1v) is 6.96. The lowest BCUT2D eigenvalue weighted by Gasteiger charge is -2.24. The number of carbonyl (C=O) groups excluding carboxylic acids is 1. The van der Waals surface area contributed by atoms with Crippen LogP contribution in [0.4, 0.5) is 0 Å². The highest BCUT2D eigenvalue weighted by molar-refractivity contribution is 7.90. The summed E-state index contributed by atoms with van der Waals surface area (Å²) in [6.07, 6.45) is 1.15. The number of hydrogen-bond acceptors (Lipinski definition) is 4. The van der Waals surface area contributed by atoms with Gasteiger partial charge in [-0.3, -0.25) is 4.79 Å². The first-order valence-electron chi connectivity index (χ1n) is 4.90. The van der Waals surface area contributed by atoms with Crippen molar-refractivity contribution in [1.29, 1.82) is 0 Å². The van der Waals surface area contributed by atoms with Crippen LogP contribution in [-0.4, -0.2) is 45.0 Å². The van der Waals surface area contributed by atoms with E-state index in [1.165, 1.54) is 0 Å². The van der Waals surface area contributed by atoms with Crippen LogP contribution in [0.25, 0.3) is 0 Å². The number of sulfone groups is 1. The van der Waals surface area contributed by atoms with Crippen molar-refractivity contribution in [1.82, 2.24) is 10.6 Å². The van der Waals surface area contributed by atoms with E-state index in [0.29, 0.717) is 6.54 Å². The standard InChI is InChI=1S/C9H20N2O3S/c1-5-11-9(2,3)8(12)10-6-7-15(4,13)14/h11H,5-7H2,1-4H3,(H,10,12). The van der Waals surface area contributed by atoms with Gasteiger partial charge in [0.15, 0.2) is 0 Å². The molecule has 2 N–H and O–H groups in total. The average molecular weight is 236 g/mol. The Morgan fingerprint density at radius 1 is 1.33 bits per heavy atom. The lowest BCUT2D eigenvalue weighted by atomic mass is 10.1. The summed E-state index contributed by atoms with van der Waals surface area (Å²) in [7, 11) is -3.01. The zero-order chi connectivity index (χ0) is 12.1. The molecule has 0 spiro atoms. The van der Waals surface area contributed by atoms with Crippen molar-refractivity contribution in [2.75, 3.05) is 25.1 Å². The minimum atomic E-state index is -3.01. The number of likely N-dealkylation sites (N-methyl/N-ethyl adjacent to an activating group) is 1. The van der Waals surface area contributed by atoms with Gasteiger partial charge in [0.25, 0.3) is 0 Å². The van der Waals surface area contributed by atoms with E-state index in [1.807, 2.05) is 6.92 Å². The quantitative estimate of drug-likeness (QED) is 0.654. The second-order valence-corrected chi connectivity index (χ2v) is 6.30. The summed E-state index contributed by atoms with van der Waals surface area (Å²) in [6, 6.07) is 0. The lowest BCUT2D eigenvalue weighted by Crippen LogP contribution is -2.53. The van der Waals surface area contributed by atoms with E-state index in [0.717, 1.165) is 6.26 Å². The Kier molecular flexibility index (Phi) is 5.23. The average Bonchev–Trinajstić information content (AvgIpc) is 2.01. The van der Waals surface area contributed by atoms with Crippen LogP contribution in [0.5, 0.6) is 0 Å². The Bertz CT molecular complexity index is 309. The molecule has 0 unspecified atom stereocenters. The van der Waals surface area contributed by atoms with E-state index in [2.05, 4.69) is 10.6 Å². The second kappa shape index (κ2) is 5.46. The summed E-state index contributed by atoms with van der Waals surface area (Å²) in [5, 5.41) is 5.59. The van der Waals surface area contributed by atoms with Crippen LogP contribution in [-0.2, 0) is 14.6 Å². The van der Waals surface area contributed by atoms with Gasteiger partial charge in [0, 0.05) is 12.8 Å².